The maximum Gasteiger partial charge on any atom is 0.251 e. The van der Waals surface area contributed by atoms with Crippen LogP contribution in [0.1, 0.15) is 27.2 Å². The largest absolute Gasteiger partial charge is 0.455 e. The lowest BCUT2D eigenvalue weighted by Crippen LogP contribution is -2.24. The summed E-state index contributed by atoms with van der Waals surface area (Å²) in [6, 6.07) is 15.6. The molecule has 0 saturated heterocycles. The first-order chi connectivity index (χ1) is 16.9. The van der Waals surface area contributed by atoms with Crippen LogP contribution in [0.15, 0.2) is 59.1 Å². The summed E-state index contributed by atoms with van der Waals surface area (Å²) in [5, 5.41) is 14.6. The number of nitrogens with one attached hydrogen (secondary N) is 2. The zero-order valence-corrected chi connectivity index (χ0v) is 19.6. The summed E-state index contributed by atoms with van der Waals surface area (Å²) in [5.74, 6) is 1.23. The summed E-state index contributed by atoms with van der Waals surface area (Å²) < 4.78 is 7.95. The van der Waals surface area contributed by atoms with Crippen molar-refractivity contribution in [3.63, 3.8) is 0 Å². The number of anilines is 3. The average molecular weight is 465 g/mol. The third kappa shape index (κ3) is 3.42. The van der Waals surface area contributed by atoms with Gasteiger partial charge in [-0.05, 0) is 67.4 Å². The van der Waals surface area contributed by atoms with Crippen molar-refractivity contribution in [3.8, 4) is 0 Å². The van der Waals surface area contributed by atoms with Crippen LogP contribution in [0.2, 0.25) is 0 Å². The second-order valence-electron chi connectivity index (χ2n) is 8.86. The number of nitrogen functional groups attached to an aromatic ring is 1. The van der Waals surface area contributed by atoms with Crippen molar-refractivity contribution >= 4 is 55.9 Å². The number of rotatable bonds is 5. The van der Waals surface area contributed by atoms with Crippen LogP contribution < -0.4 is 16.4 Å². The molecule has 1 amide bonds. The Labute approximate surface area is 201 Å². The first-order valence-electron chi connectivity index (χ1n) is 11.4. The lowest BCUT2D eigenvalue weighted by Gasteiger charge is -2.12. The molecule has 0 fully saturated rings. The standard InChI is InChI=1S/C27H24N6O2/c1-14-10-23(28)31-15(2)22(14)13-29-27(34)16-4-6-18-20(11-16)26-21-12-17(5-7-19(21)25(18)35-26)32-24-8-9-30-33(24)3/h4-12,32H,13H2,1-3H3,(H2,28,31)(H,29,34). The van der Waals surface area contributed by atoms with Crippen molar-refractivity contribution < 1.29 is 9.21 Å². The normalized spacial score (nSPS) is 11.6. The molecule has 0 radical (unpaired) electrons. The number of nitrogens with two attached hydrogens (primary N) is 1. The van der Waals surface area contributed by atoms with E-state index in [1.807, 2.05) is 57.3 Å². The second-order valence-corrected chi connectivity index (χ2v) is 8.86. The molecular weight excluding hydrogens is 440 g/mol. The molecule has 2 bridgehead atoms. The molecule has 6 rings (SSSR count). The van der Waals surface area contributed by atoms with Crippen molar-refractivity contribution in [2.45, 2.75) is 20.4 Å². The summed E-state index contributed by atoms with van der Waals surface area (Å²) >= 11 is 0. The Bertz CT molecular complexity index is 1720. The van der Waals surface area contributed by atoms with E-state index in [0.29, 0.717) is 17.9 Å². The van der Waals surface area contributed by atoms with Crippen LogP contribution in [0.3, 0.4) is 0 Å². The quantitative estimate of drug-likeness (QED) is 0.303. The van der Waals surface area contributed by atoms with Gasteiger partial charge in [0.1, 0.15) is 22.8 Å². The minimum atomic E-state index is -0.149. The highest BCUT2D eigenvalue weighted by Crippen LogP contribution is 2.42. The molecule has 0 saturated carbocycles. The van der Waals surface area contributed by atoms with Gasteiger partial charge >= 0.3 is 0 Å². The highest BCUT2D eigenvalue weighted by molar-refractivity contribution is 6.26. The monoisotopic (exact) mass is 464 g/mol. The van der Waals surface area contributed by atoms with Crippen LogP contribution in [0.25, 0.3) is 32.7 Å². The average Bonchev–Trinajstić information content (AvgIpc) is 3.52. The number of furan rings is 2. The van der Waals surface area contributed by atoms with Gasteiger partial charge in [0.2, 0.25) is 0 Å². The molecule has 8 nitrogen and oxygen atoms in total. The van der Waals surface area contributed by atoms with E-state index in [0.717, 1.165) is 61.0 Å². The predicted molar refractivity (Wildman–Crippen MR) is 138 cm³/mol. The van der Waals surface area contributed by atoms with Crippen LogP contribution in [0.4, 0.5) is 17.3 Å². The Morgan fingerprint density at radius 1 is 1.00 bits per heavy atom. The molecule has 0 unspecified atom stereocenters. The van der Waals surface area contributed by atoms with Gasteiger partial charge in [0.25, 0.3) is 5.91 Å². The van der Waals surface area contributed by atoms with E-state index in [1.54, 1.807) is 10.9 Å². The van der Waals surface area contributed by atoms with Crippen LogP contribution in [0.5, 0.6) is 0 Å². The molecule has 174 valence electrons. The van der Waals surface area contributed by atoms with Crippen LogP contribution in [-0.4, -0.2) is 20.7 Å². The maximum atomic E-state index is 13.0. The van der Waals surface area contributed by atoms with Gasteiger partial charge in [0.15, 0.2) is 0 Å². The molecule has 2 aromatic carbocycles. The molecule has 0 atom stereocenters. The number of amides is 1. The molecule has 4 N–H and O–H groups in total. The van der Waals surface area contributed by atoms with Crippen molar-refractivity contribution in [3.05, 3.63) is 77.1 Å². The fourth-order valence-electron chi connectivity index (χ4n) is 4.76. The topological polar surface area (TPSA) is 111 Å². The SMILES string of the molecule is Cc1cc(N)nc(C)c1CNC(=O)c1ccc2c(c1)c1oc2c2ccc(Nc3ccnn3C)cc21. The van der Waals surface area contributed by atoms with Gasteiger partial charge in [-0.25, -0.2) is 4.98 Å². The minimum absolute atomic E-state index is 0.149. The molecular formula is C27H24N6O2. The summed E-state index contributed by atoms with van der Waals surface area (Å²) in [4.78, 5) is 17.3. The summed E-state index contributed by atoms with van der Waals surface area (Å²) in [6.45, 7) is 4.26. The fraction of sp³-hybridized carbons (Fsp3) is 0.148. The molecule has 4 aromatic heterocycles. The highest BCUT2D eigenvalue weighted by Gasteiger charge is 2.19. The lowest BCUT2D eigenvalue weighted by molar-refractivity contribution is 0.0951. The maximum absolute atomic E-state index is 13.0. The van der Waals surface area contributed by atoms with Crippen molar-refractivity contribution in [2.75, 3.05) is 11.1 Å². The Balaban J connectivity index is 1.32. The molecule has 8 heteroatoms. The Hall–Kier alpha value is -4.59. The number of fused-ring (bicyclic) bond motifs is 8. The Morgan fingerprint density at radius 2 is 1.74 bits per heavy atom. The van der Waals surface area contributed by atoms with Crippen LogP contribution >= 0.6 is 0 Å². The first-order valence-corrected chi connectivity index (χ1v) is 11.4. The number of carbonyl (C=O) groups is 1. The van der Waals surface area contributed by atoms with E-state index >= 15 is 0 Å². The van der Waals surface area contributed by atoms with Crippen molar-refractivity contribution in [1.82, 2.24) is 20.1 Å². The Morgan fingerprint density at radius 3 is 2.49 bits per heavy atom. The molecule has 35 heavy (non-hydrogen) atoms. The Kier molecular flexibility index (Phi) is 4.63. The van der Waals surface area contributed by atoms with E-state index in [-0.39, 0.29) is 5.91 Å². The van der Waals surface area contributed by atoms with Crippen LogP contribution in [-0.2, 0) is 13.6 Å². The van der Waals surface area contributed by atoms with E-state index in [1.165, 1.54) is 0 Å². The van der Waals surface area contributed by atoms with Crippen molar-refractivity contribution in [1.29, 1.82) is 0 Å². The van der Waals surface area contributed by atoms with Crippen LogP contribution in [0, 0.1) is 13.8 Å². The summed E-state index contributed by atoms with van der Waals surface area (Å²) in [6.07, 6.45) is 1.75. The van der Waals surface area contributed by atoms with E-state index < -0.39 is 0 Å². The molecule has 0 spiro atoms. The molecule has 0 aliphatic carbocycles. The van der Waals surface area contributed by atoms with E-state index in [2.05, 4.69) is 32.8 Å². The zero-order valence-electron chi connectivity index (χ0n) is 19.6. The number of aromatic nitrogens is 3. The van der Waals surface area contributed by atoms with Gasteiger partial charge in [0.05, 0.1) is 6.20 Å². The molecule has 0 aliphatic heterocycles. The summed E-state index contributed by atoms with van der Waals surface area (Å²) in [7, 11) is 1.89. The zero-order chi connectivity index (χ0) is 24.3. The van der Waals surface area contributed by atoms with Gasteiger partial charge in [-0.15, -0.1) is 0 Å². The van der Waals surface area contributed by atoms with Gasteiger partial charge in [-0.3, -0.25) is 9.48 Å². The number of nitrogens with zero attached hydrogens (tertiary/aromatic N) is 3. The third-order valence-electron chi connectivity index (χ3n) is 6.58. The molecule has 6 aromatic rings. The third-order valence-corrected chi connectivity index (χ3v) is 6.58. The number of benzene rings is 3. The molecule has 0 aliphatic rings. The molecule has 4 heterocycles. The number of hydrogen-bond donors (Lipinski definition) is 3. The van der Waals surface area contributed by atoms with Gasteiger partial charge in [-0.2, -0.15) is 5.10 Å². The van der Waals surface area contributed by atoms with Gasteiger partial charge in [0, 0.05) is 58.1 Å². The number of carbonyl (C=O) groups excluding carboxylic acids is 1. The predicted octanol–water partition coefficient (Wildman–Crippen LogP) is 5.18. The number of hydrogen-bond acceptors (Lipinski definition) is 6. The smallest absolute Gasteiger partial charge is 0.251 e. The van der Waals surface area contributed by atoms with E-state index in [9.17, 15) is 4.79 Å². The highest BCUT2D eigenvalue weighted by atomic mass is 16.3. The number of aryl methyl sites for hydroxylation is 3. The van der Waals surface area contributed by atoms with E-state index in [4.69, 9.17) is 10.2 Å². The van der Waals surface area contributed by atoms with Crippen molar-refractivity contribution in [2.24, 2.45) is 7.05 Å². The second kappa shape index (κ2) is 7.73. The number of pyridine rings is 1. The first kappa shape index (κ1) is 21.0. The summed E-state index contributed by atoms with van der Waals surface area (Å²) in [5.41, 5.74) is 11.8. The van der Waals surface area contributed by atoms with Gasteiger partial charge in [-0.1, -0.05) is 0 Å². The lowest BCUT2D eigenvalue weighted by atomic mass is 10.0. The van der Waals surface area contributed by atoms with Gasteiger partial charge < -0.3 is 20.8 Å². The minimum Gasteiger partial charge on any atom is -0.455 e. The fourth-order valence-corrected chi connectivity index (χ4v) is 4.76.